The Morgan fingerprint density at radius 3 is 2.79 bits per heavy atom. The van der Waals surface area contributed by atoms with E-state index in [1.807, 2.05) is 4.90 Å². The first-order valence-corrected chi connectivity index (χ1v) is 7.88. The van der Waals surface area contributed by atoms with Crippen molar-refractivity contribution in [2.24, 2.45) is 5.41 Å². The second-order valence-corrected chi connectivity index (χ2v) is 6.79. The normalized spacial score (nSPS) is 11.9. The molecule has 0 saturated carbocycles. The average molecular weight is 336 g/mol. The Morgan fingerprint density at radius 1 is 1.38 bits per heavy atom. The van der Waals surface area contributed by atoms with Gasteiger partial charge in [-0.15, -0.1) is 5.10 Å². The number of carbonyl (C=O) groups is 1. The number of anilines is 1. The Kier molecular flexibility index (Phi) is 6.10. The number of hydrogen-bond donors (Lipinski definition) is 2. The van der Waals surface area contributed by atoms with E-state index in [0.717, 1.165) is 6.54 Å². The smallest absolute Gasteiger partial charge is 0.322 e. The van der Waals surface area contributed by atoms with Crippen LogP contribution in [-0.4, -0.2) is 52.4 Å². The van der Waals surface area contributed by atoms with Gasteiger partial charge in [0.1, 0.15) is 0 Å². The summed E-state index contributed by atoms with van der Waals surface area (Å²) in [5, 5.41) is 19.2. The van der Waals surface area contributed by atoms with Gasteiger partial charge in [-0.25, -0.2) is 0 Å². The number of aromatic nitrogens is 2. The predicted octanol–water partition coefficient (Wildman–Crippen LogP) is 2.00. The topological polar surface area (TPSA) is 105 Å². The molecule has 0 unspecified atom stereocenters. The zero-order chi connectivity index (χ0) is 17.6. The molecule has 132 valence electrons. The van der Waals surface area contributed by atoms with Crippen molar-refractivity contribution in [1.82, 2.24) is 15.1 Å². The van der Waals surface area contributed by atoms with Crippen molar-refractivity contribution < 1.29 is 18.7 Å². The monoisotopic (exact) mass is 336 g/mol. The molecule has 0 atom stereocenters. The summed E-state index contributed by atoms with van der Waals surface area (Å²) in [5.74, 6) is 0.411. The number of rotatable bonds is 8. The molecule has 2 heterocycles. The Hall–Kier alpha value is -2.19. The number of nitrogens with zero attached hydrogens (tertiary/aromatic N) is 3. The molecule has 2 aromatic heterocycles. The Labute approximate surface area is 140 Å². The quantitative estimate of drug-likeness (QED) is 0.759. The summed E-state index contributed by atoms with van der Waals surface area (Å²) in [4.78, 5) is 14.2. The minimum Gasteiger partial charge on any atom is -0.459 e. The molecular formula is C16H24N4O4. The molecule has 0 radical (unpaired) electrons. The van der Waals surface area contributed by atoms with Crippen LogP contribution in [0.15, 0.2) is 27.2 Å². The Bertz CT molecular complexity index is 631. The number of nitrogens with one attached hydrogen (secondary N) is 1. The third-order valence-electron chi connectivity index (χ3n) is 3.10. The van der Waals surface area contributed by atoms with Crippen molar-refractivity contribution in [1.29, 1.82) is 0 Å². The van der Waals surface area contributed by atoms with Gasteiger partial charge in [0.15, 0.2) is 5.76 Å². The predicted molar refractivity (Wildman–Crippen MR) is 88.2 cm³/mol. The lowest BCUT2D eigenvalue weighted by molar-refractivity contribution is -0.117. The Morgan fingerprint density at radius 2 is 2.17 bits per heavy atom. The minimum absolute atomic E-state index is 0.0317. The van der Waals surface area contributed by atoms with Gasteiger partial charge in [0.25, 0.3) is 5.89 Å². The minimum atomic E-state index is -0.244. The second kappa shape index (κ2) is 8.07. The molecule has 0 aliphatic rings. The SMILES string of the molecule is CC(C)(C)CN(CCCO)CC(=O)Nc1nnc(-c2ccco2)o1. The molecule has 24 heavy (non-hydrogen) atoms. The molecule has 0 saturated heterocycles. The van der Waals surface area contributed by atoms with Crippen LogP contribution >= 0.6 is 0 Å². The van der Waals surface area contributed by atoms with Crippen LogP contribution in [0.2, 0.25) is 0 Å². The number of furan rings is 1. The van der Waals surface area contributed by atoms with E-state index < -0.39 is 0 Å². The molecule has 0 aliphatic carbocycles. The van der Waals surface area contributed by atoms with Crippen LogP contribution in [0.3, 0.4) is 0 Å². The molecule has 0 spiro atoms. The lowest BCUT2D eigenvalue weighted by Gasteiger charge is -2.29. The van der Waals surface area contributed by atoms with Crippen LogP contribution in [0.25, 0.3) is 11.7 Å². The number of carbonyl (C=O) groups excluding carboxylic acids is 1. The van der Waals surface area contributed by atoms with Crippen molar-refractivity contribution in [2.75, 3.05) is 31.6 Å². The fourth-order valence-corrected chi connectivity index (χ4v) is 2.31. The highest BCUT2D eigenvalue weighted by molar-refractivity contribution is 5.90. The molecule has 0 aromatic carbocycles. The van der Waals surface area contributed by atoms with Gasteiger partial charge in [-0.2, -0.15) is 0 Å². The average Bonchev–Trinajstić information content (AvgIpc) is 3.13. The molecule has 1 amide bonds. The van der Waals surface area contributed by atoms with Crippen LogP contribution in [-0.2, 0) is 4.79 Å². The van der Waals surface area contributed by atoms with E-state index in [1.165, 1.54) is 6.26 Å². The third kappa shape index (κ3) is 5.78. The third-order valence-corrected chi connectivity index (χ3v) is 3.10. The van der Waals surface area contributed by atoms with E-state index in [-0.39, 0.29) is 36.4 Å². The van der Waals surface area contributed by atoms with E-state index in [2.05, 4.69) is 36.3 Å². The van der Waals surface area contributed by atoms with Gasteiger partial charge in [0, 0.05) is 19.7 Å². The van der Waals surface area contributed by atoms with E-state index in [9.17, 15) is 4.79 Å². The van der Waals surface area contributed by atoms with Crippen molar-refractivity contribution >= 4 is 11.9 Å². The lowest BCUT2D eigenvalue weighted by Crippen LogP contribution is -2.39. The first-order valence-electron chi connectivity index (χ1n) is 7.88. The highest BCUT2D eigenvalue weighted by Gasteiger charge is 2.20. The zero-order valence-corrected chi connectivity index (χ0v) is 14.3. The van der Waals surface area contributed by atoms with Crippen molar-refractivity contribution in [3.05, 3.63) is 18.4 Å². The lowest BCUT2D eigenvalue weighted by atomic mass is 9.96. The van der Waals surface area contributed by atoms with Crippen LogP contribution in [0, 0.1) is 5.41 Å². The Balaban J connectivity index is 1.92. The molecule has 0 fully saturated rings. The van der Waals surface area contributed by atoms with Crippen molar-refractivity contribution in [2.45, 2.75) is 27.2 Å². The van der Waals surface area contributed by atoms with Gasteiger partial charge in [0.05, 0.1) is 12.8 Å². The molecule has 8 heteroatoms. The van der Waals surface area contributed by atoms with Gasteiger partial charge in [-0.3, -0.25) is 15.0 Å². The first-order chi connectivity index (χ1) is 11.4. The highest BCUT2D eigenvalue weighted by Crippen LogP contribution is 2.20. The van der Waals surface area contributed by atoms with E-state index in [1.54, 1.807) is 12.1 Å². The fraction of sp³-hybridized carbons (Fsp3) is 0.562. The summed E-state index contributed by atoms with van der Waals surface area (Å²) >= 11 is 0. The molecule has 0 bridgehead atoms. The summed E-state index contributed by atoms with van der Waals surface area (Å²) in [6.45, 7) is 7.97. The second-order valence-electron chi connectivity index (χ2n) is 6.79. The van der Waals surface area contributed by atoms with Gasteiger partial charge >= 0.3 is 6.01 Å². The maximum atomic E-state index is 12.2. The largest absolute Gasteiger partial charge is 0.459 e. The fourth-order valence-electron chi connectivity index (χ4n) is 2.31. The summed E-state index contributed by atoms with van der Waals surface area (Å²) in [6, 6.07) is 3.44. The highest BCUT2D eigenvalue weighted by atomic mass is 16.4. The van der Waals surface area contributed by atoms with Crippen molar-refractivity contribution in [3.63, 3.8) is 0 Å². The summed E-state index contributed by atoms with van der Waals surface area (Å²) in [5.41, 5.74) is 0.0483. The van der Waals surface area contributed by atoms with Gasteiger partial charge in [-0.05, 0) is 24.0 Å². The molecular weight excluding hydrogens is 312 g/mol. The van der Waals surface area contributed by atoms with E-state index in [4.69, 9.17) is 13.9 Å². The molecule has 2 aromatic rings. The standard InChI is InChI=1S/C16H24N4O4/c1-16(2,3)11-20(7-5-8-21)10-13(22)17-15-19-18-14(24-15)12-6-4-9-23-12/h4,6,9,21H,5,7-8,10-11H2,1-3H3,(H,17,19,22). The molecule has 2 N–H and O–H groups in total. The van der Waals surface area contributed by atoms with E-state index >= 15 is 0 Å². The molecule has 2 rings (SSSR count). The number of aliphatic hydroxyl groups is 1. The first kappa shape index (κ1) is 18.2. The zero-order valence-electron chi connectivity index (χ0n) is 14.3. The number of aliphatic hydroxyl groups excluding tert-OH is 1. The van der Waals surface area contributed by atoms with Crippen LogP contribution in [0.4, 0.5) is 6.01 Å². The summed E-state index contributed by atoms with van der Waals surface area (Å²) < 4.78 is 10.5. The summed E-state index contributed by atoms with van der Waals surface area (Å²) in [7, 11) is 0. The van der Waals surface area contributed by atoms with Crippen LogP contribution in [0.1, 0.15) is 27.2 Å². The van der Waals surface area contributed by atoms with E-state index in [0.29, 0.717) is 18.7 Å². The van der Waals surface area contributed by atoms with Gasteiger partial charge in [-0.1, -0.05) is 25.9 Å². The van der Waals surface area contributed by atoms with Gasteiger partial charge < -0.3 is 13.9 Å². The molecule has 0 aliphatic heterocycles. The van der Waals surface area contributed by atoms with Crippen LogP contribution in [0.5, 0.6) is 0 Å². The maximum absolute atomic E-state index is 12.2. The van der Waals surface area contributed by atoms with Gasteiger partial charge in [0.2, 0.25) is 5.91 Å². The molecule has 8 nitrogen and oxygen atoms in total. The van der Waals surface area contributed by atoms with Crippen molar-refractivity contribution in [3.8, 4) is 11.7 Å². The van der Waals surface area contributed by atoms with Crippen LogP contribution < -0.4 is 5.32 Å². The number of amides is 1. The maximum Gasteiger partial charge on any atom is 0.322 e. The number of hydrogen-bond acceptors (Lipinski definition) is 7. The summed E-state index contributed by atoms with van der Waals surface area (Å²) in [6.07, 6.45) is 2.12.